The quantitative estimate of drug-likeness (QED) is 0.0320. The van der Waals surface area contributed by atoms with Crippen molar-refractivity contribution >= 4 is 11.9 Å². The standard InChI is InChI=1S/C83H159NO5/c1-3-5-7-9-11-13-15-17-19-21-41-45-49-53-57-61-65-69-73-77-83(88)89-78-74-70-66-62-58-54-50-46-43-40-38-36-34-32-30-28-26-24-22-23-25-27-29-31-33-35-37-39-42-44-48-52-56-60-64-68-72-76-82(87)84-80(79-85)81(86)75-71-67-63-59-55-51-47-20-18-16-14-12-10-8-6-4-2/h11,13,17,19,22,24,80-81,85-86H,3-10,12,14-16,18,20-21,23,25-79H2,1-2H3,(H,84,87)/b13-11-,19-17-,24-22-. The Bertz CT molecular complexity index is 1440. The number of amides is 1. The lowest BCUT2D eigenvalue weighted by Gasteiger charge is -2.22. The van der Waals surface area contributed by atoms with Crippen LogP contribution in [0.15, 0.2) is 36.5 Å². The Morgan fingerprint density at radius 3 is 0.888 bits per heavy atom. The molecule has 1 amide bonds. The molecule has 0 spiro atoms. The highest BCUT2D eigenvalue weighted by Crippen LogP contribution is 2.20. The fourth-order valence-electron chi connectivity index (χ4n) is 13.0. The Balaban J connectivity index is 3.32. The van der Waals surface area contributed by atoms with Crippen LogP contribution in [0.3, 0.4) is 0 Å². The van der Waals surface area contributed by atoms with E-state index >= 15 is 0 Å². The number of allylic oxidation sites excluding steroid dienone is 6. The molecule has 0 saturated heterocycles. The van der Waals surface area contributed by atoms with Gasteiger partial charge in [0.25, 0.3) is 0 Å². The summed E-state index contributed by atoms with van der Waals surface area (Å²) in [5.74, 6) is -0.00877. The maximum atomic E-state index is 12.5. The van der Waals surface area contributed by atoms with Gasteiger partial charge in [-0.05, 0) is 83.5 Å². The molecule has 3 N–H and O–H groups in total. The topological polar surface area (TPSA) is 95.9 Å². The van der Waals surface area contributed by atoms with Crippen molar-refractivity contribution in [2.24, 2.45) is 0 Å². The smallest absolute Gasteiger partial charge is 0.305 e. The highest BCUT2D eigenvalue weighted by molar-refractivity contribution is 5.76. The average Bonchev–Trinajstić information content (AvgIpc) is 3.56. The predicted octanol–water partition coefficient (Wildman–Crippen LogP) is 27.0. The number of rotatable bonds is 77. The molecule has 0 aromatic carbocycles. The van der Waals surface area contributed by atoms with Crippen molar-refractivity contribution in [3.8, 4) is 0 Å². The van der Waals surface area contributed by atoms with Crippen LogP contribution in [0.5, 0.6) is 0 Å². The Hall–Kier alpha value is -1.92. The van der Waals surface area contributed by atoms with Crippen molar-refractivity contribution in [3.05, 3.63) is 36.5 Å². The first kappa shape index (κ1) is 87.1. The van der Waals surface area contributed by atoms with Crippen LogP contribution in [-0.2, 0) is 14.3 Å². The van der Waals surface area contributed by atoms with Gasteiger partial charge in [0.2, 0.25) is 5.91 Å². The molecule has 0 heterocycles. The van der Waals surface area contributed by atoms with E-state index in [4.69, 9.17) is 4.74 Å². The number of esters is 1. The summed E-state index contributed by atoms with van der Waals surface area (Å²) in [6, 6.07) is -0.538. The SMILES string of the molecule is CCCCC/C=C\C/C=C\CCCCCCCCCCCC(=O)OCCCCCCCCCCCCCCCCCC/C=C\CCCCCCCCCCCCCCCCCCCC(=O)NC(CO)C(O)CCCCCCCCCCCCCCCCCC. The summed E-state index contributed by atoms with van der Waals surface area (Å²) < 4.78 is 5.52. The van der Waals surface area contributed by atoms with Crippen LogP contribution < -0.4 is 5.32 Å². The molecule has 2 atom stereocenters. The largest absolute Gasteiger partial charge is 0.466 e. The number of hydrogen-bond acceptors (Lipinski definition) is 5. The third-order valence-electron chi connectivity index (χ3n) is 19.2. The van der Waals surface area contributed by atoms with Crippen molar-refractivity contribution in [2.45, 2.75) is 469 Å². The molecule has 0 aliphatic heterocycles. The molecule has 0 aromatic heterocycles. The zero-order valence-corrected chi connectivity index (χ0v) is 60.4. The maximum absolute atomic E-state index is 12.5. The minimum Gasteiger partial charge on any atom is -0.466 e. The van der Waals surface area contributed by atoms with E-state index in [1.54, 1.807) is 0 Å². The van der Waals surface area contributed by atoms with Gasteiger partial charge in [0, 0.05) is 12.8 Å². The molecule has 0 radical (unpaired) electrons. The number of aliphatic hydroxyl groups excluding tert-OH is 2. The van der Waals surface area contributed by atoms with Crippen molar-refractivity contribution in [2.75, 3.05) is 13.2 Å². The Labute approximate surface area is 557 Å². The summed E-state index contributed by atoms with van der Waals surface area (Å²) in [7, 11) is 0. The Morgan fingerprint density at radius 2 is 0.562 bits per heavy atom. The molecular formula is C83H159NO5. The average molecular weight is 1250 g/mol. The third-order valence-corrected chi connectivity index (χ3v) is 19.2. The molecule has 89 heavy (non-hydrogen) atoms. The first-order valence-corrected chi connectivity index (χ1v) is 40.7. The molecule has 0 aromatic rings. The van der Waals surface area contributed by atoms with Gasteiger partial charge in [-0.2, -0.15) is 0 Å². The fourth-order valence-corrected chi connectivity index (χ4v) is 13.0. The lowest BCUT2D eigenvalue weighted by molar-refractivity contribution is -0.143. The van der Waals surface area contributed by atoms with Gasteiger partial charge in [-0.3, -0.25) is 9.59 Å². The molecule has 6 heteroatoms. The highest BCUT2D eigenvalue weighted by atomic mass is 16.5. The van der Waals surface area contributed by atoms with E-state index in [0.717, 1.165) is 44.9 Å². The summed E-state index contributed by atoms with van der Waals surface area (Å²) in [6.45, 7) is 4.97. The van der Waals surface area contributed by atoms with Gasteiger partial charge in [-0.1, -0.05) is 397 Å². The first-order valence-electron chi connectivity index (χ1n) is 40.7. The number of nitrogens with one attached hydrogen (secondary N) is 1. The second kappa shape index (κ2) is 78.5. The zero-order chi connectivity index (χ0) is 64.2. The van der Waals surface area contributed by atoms with Gasteiger partial charge >= 0.3 is 5.97 Å². The van der Waals surface area contributed by atoms with E-state index in [9.17, 15) is 19.8 Å². The molecule has 2 unspecified atom stereocenters. The van der Waals surface area contributed by atoms with Crippen LogP contribution in [0.2, 0.25) is 0 Å². The van der Waals surface area contributed by atoms with Gasteiger partial charge in [0.1, 0.15) is 0 Å². The molecule has 6 nitrogen and oxygen atoms in total. The van der Waals surface area contributed by atoms with E-state index in [0.29, 0.717) is 25.9 Å². The summed E-state index contributed by atoms with van der Waals surface area (Å²) in [6.07, 6.45) is 103. The number of ether oxygens (including phenoxy) is 1. The molecule has 0 fully saturated rings. The maximum Gasteiger partial charge on any atom is 0.305 e. The first-order chi connectivity index (χ1) is 44.0. The van der Waals surface area contributed by atoms with Crippen LogP contribution in [0.1, 0.15) is 457 Å². The van der Waals surface area contributed by atoms with Gasteiger partial charge in [-0.25, -0.2) is 0 Å². The van der Waals surface area contributed by atoms with Crippen LogP contribution >= 0.6 is 0 Å². The molecule has 0 bridgehead atoms. The normalized spacial score (nSPS) is 12.6. The number of carbonyl (C=O) groups is 2. The van der Waals surface area contributed by atoms with Crippen LogP contribution in [-0.4, -0.2) is 47.4 Å². The van der Waals surface area contributed by atoms with E-state index in [1.807, 2.05) is 0 Å². The third kappa shape index (κ3) is 75.0. The predicted molar refractivity (Wildman–Crippen MR) is 393 cm³/mol. The van der Waals surface area contributed by atoms with Crippen molar-refractivity contribution < 1.29 is 24.5 Å². The lowest BCUT2D eigenvalue weighted by atomic mass is 10.0. The lowest BCUT2D eigenvalue weighted by Crippen LogP contribution is -2.45. The minimum absolute atomic E-state index is 0.0184. The van der Waals surface area contributed by atoms with Crippen LogP contribution in [0.25, 0.3) is 0 Å². The van der Waals surface area contributed by atoms with Crippen LogP contribution in [0.4, 0.5) is 0 Å². The zero-order valence-electron chi connectivity index (χ0n) is 60.4. The number of carbonyl (C=O) groups excluding carboxylic acids is 2. The number of hydrogen-bond donors (Lipinski definition) is 3. The van der Waals surface area contributed by atoms with Gasteiger partial charge < -0.3 is 20.3 Å². The van der Waals surface area contributed by atoms with Gasteiger partial charge in [0.05, 0.1) is 25.4 Å². The van der Waals surface area contributed by atoms with Crippen molar-refractivity contribution in [1.29, 1.82) is 0 Å². The summed E-state index contributed by atoms with van der Waals surface area (Å²) in [5, 5.41) is 23.4. The monoisotopic (exact) mass is 1250 g/mol. The number of unbranched alkanes of at least 4 members (excludes halogenated alkanes) is 60. The highest BCUT2D eigenvalue weighted by Gasteiger charge is 2.20. The van der Waals surface area contributed by atoms with Crippen molar-refractivity contribution in [1.82, 2.24) is 5.32 Å². The molecular weight excluding hydrogens is 1090 g/mol. The van der Waals surface area contributed by atoms with E-state index in [1.165, 1.54) is 379 Å². The second-order valence-corrected chi connectivity index (χ2v) is 28.1. The molecule has 0 aliphatic rings. The Kier molecular flexibility index (Phi) is 76.8. The van der Waals surface area contributed by atoms with E-state index < -0.39 is 12.1 Å². The van der Waals surface area contributed by atoms with Crippen LogP contribution in [0, 0.1) is 0 Å². The molecule has 0 rings (SSSR count). The van der Waals surface area contributed by atoms with Gasteiger partial charge in [0.15, 0.2) is 0 Å². The Morgan fingerprint density at radius 1 is 0.315 bits per heavy atom. The van der Waals surface area contributed by atoms with Crippen molar-refractivity contribution in [3.63, 3.8) is 0 Å². The summed E-state index contributed by atoms with van der Waals surface area (Å²) in [4.78, 5) is 24.7. The second-order valence-electron chi connectivity index (χ2n) is 28.1. The summed E-state index contributed by atoms with van der Waals surface area (Å²) >= 11 is 0. The van der Waals surface area contributed by atoms with Gasteiger partial charge in [-0.15, -0.1) is 0 Å². The summed E-state index contributed by atoms with van der Waals surface area (Å²) in [5.41, 5.74) is 0. The number of aliphatic hydroxyl groups is 2. The molecule has 0 saturated carbocycles. The minimum atomic E-state index is -0.662. The molecule has 526 valence electrons. The molecule has 0 aliphatic carbocycles. The van der Waals surface area contributed by atoms with E-state index in [2.05, 4.69) is 55.6 Å². The fraction of sp³-hybridized carbons (Fsp3) is 0.904. The van der Waals surface area contributed by atoms with E-state index in [-0.39, 0.29) is 18.5 Å².